The molecule has 2 N–H and O–H groups in total. The number of aromatic nitrogens is 1. The Kier molecular flexibility index (Phi) is 4.11. The van der Waals surface area contributed by atoms with Crippen molar-refractivity contribution in [3.05, 3.63) is 30.1 Å². The quantitative estimate of drug-likeness (QED) is 0.824. The summed E-state index contributed by atoms with van der Waals surface area (Å²) in [6, 6.07) is 3.80. The molecule has 6 nitrogen and oxygen atoms in total. The second-order valence-electron chi connectivity index (χ2n) is 6.36. The van der Waals surface area contributed by atoms with E-state index < -0.39 is 6.10 Å². The van der Waals surface area contributed by atoms with Crippen LogP contribution in [0.1, 0.15) is 18.4 Å². The molecule has 0 unspecified atom stereocenters. The molecule has 0 spiro atoms. The van der Waals surface area contributed by atoms with Crippen LogP contribution < -0.4 is 5.32 Å². The van der Waals surface area contributed by atoms with Crippen molar-refractivity contribution in [2.45, 2.75) is 50.0 Å². The van der Waals surface area contributed by atoms with Gasteiger partial charge in [0.15, 0.2) is 6.29 Å². The molecule has 0 aliphatic carbocycles. The molecule has 3 aliphatic heterocycles. The first-order chi connectivity index (χ1) is 10.8. The molecule has 0 aromatic carbocycles. The van der Waals surface area contributed by atoms with E-state index in [1.54, 1.807) is 12.4 Å². The second kappa shape index (κ2) is 6.22. The third-order valence-corrected chi connectivity index (χ3v) is 4.98. The zero-order valence-electron chi connectivity index (χ0n) is 12.6. The van der Waals surface area contributed by atoms with E-state index in [1.165, 1.54) is 12.8 Å². The summed E-state index contributed by atoms with van der Waals surface area (Å²) in [5.41, 5.74) is 1.15. The van der Waals surface area contributed by atoms with Gasteiger partial charge < -0.3 is 19.9 Å². The molecule has 6 heteroatoms. The highest BCUT2D eigenvalue weighted by molar-refractivity contribution is 5.10. The molecule has 120 valence electrons. The third-order valence-electron chi connectivity index (χ3n) is 4.98. The van der Waals surface area contributed by atoms with Crippen LogP contribution in [-0.2, 0) is 16.0 Å². The standard InChI is InChI=1S/C16H23N3O3/c20-15-13(18-9-11-3-5-17-6-4-11)12-10-21-16(22-12)14(15)19-7-1-2-8-19/h3-6,12-16,18,20H,1-2,7-10H2/t12-,13-,14-,15+,16-/m1/s1. The Balaban J connectivity index is 1.46. The highest BCUT2D eigenvalue weighted by atomic mass is 16.7. The Morgan fingerprint density at radius 1 is 1.27 bits per heavy atom. The lowest BCUT2D eigenvalue weighted by atomic mass is 9.95. The molecular weight excluding hydrogens is 282 g/mol. The van der Waals surface area contributed by atoms with Gasteiger partial charge in [0.2, 0.25) is 0 Å². The summed E-state index contributed by atoms with van der Waals surface area (Å²) >= 11 is 0. The van der Waals surface area contributed by atoms with E-state index in [0.29, 0.717) is 13.2 Å². The average Bonchev–Trinajstić information content (AvgIpc) is 3.20. The van der Waals surface area contributed by atoms with Crippen molar-refractivity contribution in [3.63, 3.8) is 0 Å². The summed E-state index contributed by atoms with van der Waals surface area (Å²) in [5, 5.41) is 14.3. The number of aliphatic hydroxyl groups excluding tert-OH is 1. The van der Waals surface area contributed by atoms with Crippen molar-refractivity contribution in [1.82, 2.24) is 15.2 Å². The number of hydrogen-bond acceptors (Lipinski definition) is 6. The number of rotatable bonds is 4. The number of ether oxygens (including phenoxy) is 2. The Morgan fingerprint density at radius 3 is 2.82 bits per heavy atom. The molecule has 5 atom stereocenters. The lowest BCUT2D eigenvalue weighted by molar-refractivity contribution is -0.179. The van der Waals surface area contributed by atoms with E-state index in [-0.39, 0.29) is 24.5 Å². The highest BCUT2D eigenvalue weighted by Gasteiger charge is 2.52. The summed E-state index contributed by atoms with van der Waals surface area (Å²) < 4.78 is 11.8. The minimum absolute atomic E-state index is 0.0591. The summed E-state index contributed by atoms with van der Waals surface area (Å²) in [7, 11) is 0. The topological polar surface area (TPSA) is 66.8 Å². The van der Waals surface area contributed by atoms with Crippen molar-refractivity contribution in [2.24, 2.45) is 0 Å². The van der Waals surface area contributed by atoms with E-state index in [1.807, 2.05) is 12.1 Å². The van der Waals surface area contributed by atoms with Gasteiger partial charge in [-0.25, -0.2) is 0 Å². The molecule has 1 aromatic heterocycles. The number of aliphatic hydroxyl groups is 1. The monoisotopic (exact) mass is 305 g/mol. The van der Waals surface area contributed by atoms with Crippen molar-refractivity contribution in [3.8, 4) is 0 Å². The van der Waals surface area contributed by atoms with Gasteiger partial charge in [0.05, 0.1) is 24.8 Å². The minimum atomic E-state index is -0.466. The molecule has 22 heavy (non-hydrogen) atoms. The predicted octanol–water partition coefficient (Wildman–Crippen LogP) is 0.120. The second-order valence-corrected chi connectivity index (χ2v) is 6.36. The molecule has 3 saturated heterocycles. The van der Waals surface area contributed by atoms with Crippen molar-refractivity contribution < 1.29 is 14.6 Å². The number of nitrogens with one attached hydrogen (secondary N) is 1. The Hall–Kier alpha value is -1.05. The number of pyridine rings is 1. The van der Waals surface area contributed by atoms with E-state index in [4.69, 9.17) is 9.47 Å². The number of likely N-dealkylation sites (tertiary alicyclic amines) is 1. The third kappa shape index (κ3) is 2.66. The van der Waals surface area contributed by atoms with E-state index in [0.717, 1.165) is 18.7 Å². The molecule has 4 rings (SSSR count). The van der Waals surface area contributed by atoms with E-state index in [2.05, 4.69) is 15.2 Å². The van der Waals surface area contributed by atoms with Gasteiger partial charge in [-0.3, -0.25) is 9.88 Å². The molecule has 4 heterocycles. The fourth-order valence-corrected chi connectivity index (χ4v) is 3.82. The molecule has 0 radical (unpaired) electrons. The van der Waals surface area contributed by atoms with Gasteiger partial charge in [0.25, 0.3) is 0 Å². The summed E-state index contributed by atoms with van der Waals surface area (Å²) in [6.07, 6.45) is 5.13. The normalized spacial score (nSPS) is 38.5. The van der Waals surface area contributed by atoms with Crippen LogP contribution in [-0.4, -0.2) is 65.3 Å². The number of fused-ring (bicyclic) bond motifs is 2. The number of hydrogen-bond donors (Lipinski definition) is 2. The first-order valence-electron chi connectivity index (χ1n) is 8.14. The maximum atomic E-state index is 10.9. The molecule has 0 amide bonds. The zero-order chi connectivity index (χ0) is 14.9. The zero-order valence-corrected chi connectivity index (χ0v) is 12.6. The smallest absolute Gasteiger partial charge is 0.176 e. The predicted molar refractivity (Wildman–Crippen MR) is 80.1 cm³/mol. The van der Waals surface area contributed by atoms with Gasteiger partial charge in [-0.05, 0) is 43.6 Å². The first-order valence-corrected chi connectivity index (χ1v) is 8.14. The Morgan fingerprint density at radius 2 is 2.05 bits per heavy atom. The van der Waals surface area contributed by atoms with Crippen LogP contribution in [0.2, 0.25) is 0 Å². The van der Waals surface area contributed by atoms with Crippen LogP contribution in [0, 0.1) is 0 Å². The average molecular weight is 305 g/mol. The molecule has 3 fully saturated rings. The van der Waals surface area contributed by atoms with Gasteiger partial charge in [-0.1, -0.05) is 0 Å². The van der Waals surface area contributed by atoms with Crippen molar-refractivity contribution in [1.29, 1.82) is 0 Å². The summed E-state index contributed by atoms with van der Waals surface area (Å²) in [4.78, 5) is 6.35. The van der Waals surface area contributed by atoms with Gasteiger partial charge in [-0.2, -0.15) is 0 Å². The van der Waals surface area contributed by atoms with E-state index in [9.17, 15) is 5.11 Å². The molecule has 1 aromatic rings. The Bertz CT molecular complexity index is 493. The maximum absolute atomic E-state index is 10.9. The Labute approximate surface area is 130 Å². The van der Waals surface area contributed by atoms with E-state index >= 15 is 0 Å². The SMILES string of the molecule is O[C@H]1[C@H](NCc2ccncc2)[C@H]2CO[C@H](O2)[C@@H]1N1CCCC1. The molecule has 0 saturated carbocycles. The highest BCUT2D eigenvalue weighted by Crippen LogP contribution is 2.33. The maximum Gasteiger partial charge on any atom is 0.176 e. The first kappa shape index (κ1) is 14.5. The lowest BCUT2D eigenvalue weighted by Crippen LogP contribution is -2.63. The van der Waals surface area contributed by atoms with Gasteiger partial charge in [0.1, 0.15) is 6.10 Å². The van der Waals surface area contributed by atoms with Gasteiger partial charge in [-0.15, -0.1) is 0 Å². The number of nitrogens with zero attached hydrogens (tertiary/aromatic N) is 2. The van der Waals surface area contributed by atoms with Gasteiger partial charge >= 0.3 is 0 Å². The van der Waals surface area contributed by atoms with Crippen LogP contribution in [0.15, 0.2) is 24.5 Å². The fraction of sp³-hybridized carbons (Fsp3) is 0.688. The summed E-state index contributed by atoms with van der Waals surface area (Å²) in [5.74, 6) is 0. The van der Waals surface area contributed by atoms with Gasteiger partial charge in [0, 0.05) is 18.9 Å². The van der Waals surface area contributed by atoms with Crippen molar-refractivity contribution >= 4 is 0 Å². The fourth-order valence-electron chi connectivity index (χ4n) is 3.82. The van der Waals surface area contributed by atoms with Crippen LogP contribution in [0.25, 0.3) is 0 Å². The van der Waals surface area contributed by atoms with Crippen LogP contribution in [0.3, 0.4) is 0 Å². The van der Waals surface area contributed by atoms with Crippen molar-refractivity contribution in [2.75, 3.05) is 19.7 Å². The van der Waals surface area contributed by atoms with Crippen LogP contribution in [0.5, 0.6) is 0 Å². The minimum Gasteiger partial charge on any atom is -0.390 e. The molecule has 3 aliphatic rings. The lowest BCUT2D eigenvalue weighted by Gasteiger charge is -2.42. The molecular formula is C16H23N3O3. The molecule has 2 bridgehead atoms. The largest absolute Gasteiger partial charge is 0.390 e. The van der Waals surface area contributed by atoms with Crippen LogP contribution >= 0.6 is 0 Å². The summed E-state index contributed by atoms with van der Waals surface area (Å²) in [6.45, 7) is 3.29. The van der Waals surface area contributed by atoms with Crippen LogP contribution in [0.4, 0.5) is 0 Å².